The SMILES string of the molecule is COc1c(Br)cc(Br)cc1C(=O)Nc1cccc(NC(=O)C(C)C)c1. The van der Waals surface area contributed by atoms with Crippen LogP contribution in [0.25, 0.3) is 0 Å². The number of hydrogen-bond acceptors (Lipinski definition) is 3. The molecule has 0 spiro atoms. The normalized spacial score (nSPS) is 10.5. The fraction of sp³-hybridized carbons (Fsp3) is 0.222. The van der Waals surface area contributed by atoms with Crippen molar-refractivity contribution in [2.75, 3.05) is 17.7 Å². The summed E-state index contributed by atoms with van der Waals surface area (Å²) in [4.78, 5) is 24.4. The van der Waals surface area contributed by atoms with E-state index >= 15 is 0 Å². The number of methoxy groups -OCH3 is 1. The van der Waals surface area contributed by atoms with Crippen LogP contribution in [0.3, 0.4) is 0 Å². The molecular weight excluding hydrogens is 452 g/mol. The Labute approximate surface area is 163 Å². The Morgan fingerprint density at radius 3 is 2.28 bits per heavy atom. The maximum Gasteiger partial charge on any atom is 0.259 e. The molecule has 0 atom stereocenters. The van der Waals surface area contributed by atoms with E-state index in [1.165, 1.54) is 7.11 Å². The lowest BCUT2D eigenvalue weighted by Gasteiger charge is -2.13. The first kappa shape index (κ1) is 19.5. The Bertz CT molecular complexity index is 807. The van der Waals surface area contributed by atoms with Crippen LogP contribution in [0.5, 0.6) is 5.75 Å². The Hall–Kier alpha value is -1.86. The highest BCUT2D eigenvalue weighted by molar-refractivity contribution is 9.11. The average molecular weight is 470 g/mol. The summed E-state index contributed by atoms with van der Waals surface area (Å²) < 4.78 is 6.73. The topological polar surface area (TPSA) is 67.4 Å². The number of halogens is 2. The van der Waals surface area contributed by atoms with Gasteiger partial charge in [0.15, 0.2) is 0 Å². The highest BCUT2D eigenvalue weighted by atomic mass is 79.9. The second-order valence-electron chi connectivity index (χ2n) is 5.65. The van der Waals surface area contributed by atoms with E-state index in [-0.39, 0.29) is 17.7 Å². The molecule has 0 radical (unpaired) electrons. The van der Waals surface area contributed by atoms with E-state index in [9.17, 15) is 9.59 Å². The summed E-state index contributed by atoms with van der Waals surface area (Å²) in [5, 5.41) is 5.62. The van der Waals surface area contributed by atoms with Crippen LogP contribution in [-0.2, 0) is 4.79 Å². The van der Waals surface area contributed by atoms with Gasteiger partial charge in [0.05, 0.1) is 17.1 Å². The molecule has 0 aliphatic rings. The highest BCUT2D eigenvalue weighted by Gasteiger charge is 2.17. The minimum absolute atomic E-state index is 0.0823. The third kappa shape index (κ3) is 5.06. The van der Waals surface area contributed by atoms with E-state index in [2.05, 4.69) is 42.5 Å². The zero-order valence-electron chi connectivity index (χ0n) is 14.0. The molecule has 0 unspecified atom stereocenters. The quantitative estimate of drug-likeness (QED) is 0.642. The average Bonchev–Trinajstić information content (AvgIpc) is 2.54. The first-order valence-corrected chi connectivity index (χ1v) is 9.15. The molecule has 2 aromatic carbocycles. The smallest absolute Gasteiger partial charge is 0.259 e. The fourth-order valence-electron chi connectivity index (χ4n) is 2.10. The molecule has 0 fully saturated rings. The summed E-state index contributed by atoms with van der Waals surface area (Å²) >= 11 is 6.75. The first-order valence-electron chi connectivity index (χ1n) is 7.57. The van der Waals surface area contributed by atoms with E-state index in [1.54, 1.807) is 36.4 Å². The van der Waals surface area contributed by atoms with Gasteiger partial charge in [-0.3, -0.25) is 9.59 Å². The summed E-state index contributed by atoms with van der Waals surface area (Å²) in [6.45, 7) is 3.64. The lowest BCUT2D eigenvalue weighted by molar-refractivity contribution is -0.118. The predicted molar refractivity (Wildman–Crippen MR) is 106 cm³/mol. The van der Waals surface area contributed by atoms with Crippen molar-refractivity contribution in [1.82, 2.24) is 0 Å². The van der Waals surface area contributed by atoms with Crippen LogP contribution in [0.15, 0.2) is 45.3 Å². The largest absolute Gasteiger partial charge is 0.495 e. The second-order valence-corrected chi connectivity index (χ2v) is 7.42. The molecule has 2 N–H and O–H groups in total. The third-order valence-electron chi connectivity index (χ3n) is 3.37. The molecule has 0 aliphatic carbocycles. The van der Waals surface area contributed by atoms with E-state index in [0.717, 1.165) is 4.47 Å². The van der Waals surface area contributed by atoms with Gasteiger partial charge in [-0.25, -0.2) is 0 Å². The molecule has 0 aromatic heterocycles. The standard InChI is InChI=1S/C18H18Br2N2O3/c1-10(2)17(23)21-12-5-4-6-13(9-12)22-18(24)14-7-11(19)8-15(20)16(14)25-3/h4-10H,1-3H3,(H,21,23)(H,22,24). The van der Waals surface area contributed by atoms with Gasteiger partial charge in [-0.05, 0) is 46.3 Å². The number of rotatable bonds is 5. The maximum absolute atomic E-state index is 12.6. The molecule has 0 bridgehead atoms. The van der Waals surface area contributed by atoms with Crippen molar-refractivity contribution in [3.63, 3.8) is 0 Å². The molecule has 0 saturated heterocycles. The van der Waals surface area contributed by atoms with Crippen LogP contribution in [0.1, 0.15) is 24.2 Å². The van der Waals surface area contributed by atoms with E-state index in [4.69, 9.17) is 4.74 Å². The van der Waals surface area contributed by atoms with Crippen molar-refractivity contribution in [2.45, 2.75) is 13.8 Å². The lowest BCUT2D eigenvalue weighted by Crippen LogP contribution is -2.18. The van der Waals surface area contributed by atoms with Crippen molar-refractivity contribution >= 4 is 55.0 Å². The van der Waals surface area contributed by atoms with Crippen molar-refractivity contribution in [2.24, 2.45) is 5.92 Å². The number of ether oxygens (including phenoxy) is 1. The summed E-state index contributed by atoms with van der Waals surface area (Å²) in [6, 6.07) is 10.5. The number of benzene rings is 2. The first-order chi connectivity index (χ1) is 11.8. The summed E-state index contributed by atoms with van der Waals surface area (Å²) in [5.41, 5.74) is 1.59. The molecule has 0 saturated carbocycles. The molecule has 0 aliphatic heterocycles. The lowest BCUT2D eigenvalue weighted by atomic mass is 10.1. The zero-order valence-corrected chi connectivity index (χ0v) is 17.2. The number of anilines is 2. The van der Waals surface area contributed by atoms with Crippen molar-refractivity contribution in [3.05, 3.63) is 50.9 Å². The Morgan fingerprint density at radius 1 is 1.04 bits per heavy atom. The minimum Gasteiger partial charge on any atom is -0.495 e. The summed E-state index contributed by atoms with van der Waals surface area (Å²) in [5.74, 6) is -0.0706. The van der Waals surface area contributed by atoms with Crippen LogP contribution in [0.4, 0.5) is 11.4 Å². The van der Waals surface area contributed by atoms with Gasteiger partial charge in [-0.15, -0.1) is 0 Å². The molecule has 2 rings (SSSR count). The van der Waals surface area contributed by atoms with Gasteiger partial charge in [0.2, 0.25) is 5.91 Å². The number of carbonyl (C=O) groups is 2. The van der Waals surface area contributed by atoms with Gasteiger partial charge in [0.25, 0.3) is 5.91 Å². The van der Waals surface area contributed by atoms with Gasteiger partial charge in [0, 0.05) is 21.8 Å². The summed E-state index contributed by atoms with van der Waals surface area (Å²) in [7, 11) is 1.51. The third-order valence-corrected chi connectivity index (χ3v) is 4.42. The second kappa shape index (κ2) is 8.49. The van der Waals surface area contributed by atoms with Crippen molar-refractivity contribution in [1.29, 1.82) is 0 Å². The van der Waals surface area contributed by atoms with Crippen LogP contribution >= 0.6 is 31.9 Å². The number of amides is 2. The van der Waals surface area contributed by atoms with Gasteiger partial charge in [-0.2, -0.15) is 0 Å². The number of carbonyl (C=O) groups excluding carboxylic acids is 2. The minimum atomic E-state index is -0.314. The van der Waals surface area contributed by atoms with Crippen LogP contribution < -0.4 is 15.4 Å². The molecule has 2 amide bonds. The van der Waals surface area contributed by atoms with Crippen molar-refractivity contribution in [3.8, 4) is 5.75 Å². The van der Waals surface area contributed by atoms with Crippen molar-refractivity contribution < 1.29 is 14.3 Å². The molecule has 25 heavy (non-hydrogen) atoms. The van der Waals surface area contributed by atoms with Gasteiger partial charge in [0.1, 0.15) is 5.75 Å². The highest BCUT2D eigenvalue weighted by Crippen LogP contribution is 2.33. The predicted octanol–water partition coefficient (Wildman–Crippen LogP) is 5.07. The van der Waals surface area contributed by atoms with Crippen LogP contribution in [-0.4, -0.2) is 18.9 Å². The molecule has 7 heteroatoms. The molecule has 5 nitrogen and oxygen atoms in total. The molecule has 132 valence electrons. The molecule has 0 heterocycles. The van der Waals surface area contributed by atoms with Crippen LogP contribution in [0, 0.1) is 5.92 Å². The Kier molecular flexibility index (Phi) is 6.61. The maximum atomic E-state index is 12.6. The Morgan fingerprint density at radius 2 is 1.68 bits per heavy atom. The van der Waals surface area contributed by atoms with Gasteiger partial charge >= 0.3 is 0 Å². The monoisotopic (exact) mass is 468 g/mol. The molecule has 2 aromatic rings. The van der Waals surface area contributed by atoms with E-state index in [0.29, 0.717) is 27.2 Å². The van der Waals surface area contributed by atoms with Crippen LogP contribution in [0.2, 0.25) is 0 Å². The van der Waals surface area contributed by atoms with Gasteiger partial charge < -0.3 is 15.4 Å². The fourth-order valence-corrected chi connectivity index (χ4v) is 3.48. The Balaban J connectivity index is 2.23. The van der Waals surface area contributed by atoms with E-state index < -0.39 is 0 Å². The number of hydrogen-bond donors (Lipinski definition) is 2. The molecular formula is C18H18Br2N2O3. The zero-order chi connectivity index (χ0) is 18.6. The number of nitrogens with one attached hydrogen (secondary N) is 2. The van der Waals surface area contributed by atoms with Gasteiger partial charge in [-0.1, -0.05) is 35.8 Å². The summed E-state index contributed by atoms with van der Waals surface area (Å²) in [6.07, 6.45) is 0. The van der Waals surface area contributed by atoms with E-state index in [1.807, 2.05) is 13.8 Å².